The van der Waals surface area contributed by atoms with Gasteiger partial charge in [0.25, 0.3) is 0 Å². The number of hydrogen-bond donors (Lipinski definition) is 2. The Labute approximate surface area is 141 Å². The number of likely N-dealkylation sites (tertiary alicyclic amines) is 1. The fraction of sp³-hybridized carbons (Fsp3) is 0.471. The van der Waals surface area contributed by atoms with Crippen LogP contribution in [0, 0.1) is 0 Å². The van der Waals surface area contributed by atoms with Crippen molar-refractivity contribution in [3.63, 3.8) is 0 Å². The molecule has 0 saturated carbocycles. The van der Waals surface area contributed by atoms with Crippen LogP contribution < -0.4 is 5.73 Å². The zero-order valence-corrected chi connectivity index (χ0v) is 14.0. The van der Waals surface area contributed by atoms with Gasteiger partial charge in [0.15, 0.2) is 0 Å². The molecule has 2 aromatic rings. The number of rotatable bonds is 5. The molecule has 3 rings (SSSR count). The minimum absolute atomic E-state index is 0.219. The van der Waals surface area contributed by atoms with Gasteiger partial charge in [-0.1, -0.05) is 17.3 Å². The SMILES string of the molecule is CC(C)n1cc([C@@]2(O)CCN(Cc3ccc(C(N)=O)cc3)C2)nn1. The Morgan fingerprint density at radius 3 is 2.67 bits per heavy atom. The van der Waals surface area contributed by atoms with Crippen molar-refractivity contribution >= 4 is 5.91 Å². The normalized spacial score (nSPS) is 21.5. The summed E-state index contributed by atoms with van der Waals surface area (Å²) in [5, 5.41) is 19.1. The first kappa shape index (κ1) is 16.6. The molecule has 1 aromatic heterocycles. The number of primary amides is 1. The van der Waals surface area contributed by atoms with E-state index in [-0.39, 0.29) is 6.04 Å². The van der Waals surface area contributed by atoms with Crippen molar-refractivity contribution < 1.29 is 9.90 Å². The Kier molecular flexibility index (Phi) is 4.38. The van der Waals surface area contributed by atoms with E-state index in [1.165, 1.54) is 0 Å². The van der Waals surface area contributed by atoms with Crippen LogP contribution in [0.1, 0.15) is 47.9 Å². The lowest BCUT2D eigenvalue weighted by atomic mass is 10.00. The second-order valence-electron chi connectivity index (χ2n) is 6.73. The van der Waals surface area contributed by atoms with Crippen LogP contribution in [0.25, 0.3) is 0 Å². The minimum atomic E-state index is -0.958. The quantitative estimate of drug-likeness (QED) is 0.854. The molecule has 1 atom stereocenters. The minimum Gasteiger partial charge on any atom is -0.382 e. The van der Waals surface area contributed by atoms with Crippen LogP contribution >= 0.6 is 0 Å². The van der Waals surface area contributed by atoms with E-state index in [0.717, 1.165) is 12.1 Å². The Balaban J connectivity index is 1.66. The van der Waals surface area contributed by atoms with Gasteiger partial charge in [-0.3, -0.25) is 9.69 Å². The van der Waals surface area contributed by atoms with Crippen molar-refractivity contribution in [1.29, 1.82) is 0 Å². The molecule has 1 saturated heterocycles. The molecule has 7 heteroatoms. The average molecular weight is 329 g/mol. The monoisotopic (exact) mass is 329 g/mol. The van der Waals surface area contributed by atoms with Crippen LogP contribution in [0.5, 0.6) is 0 Å². The molecule has 0 aliphatic carbocycles. The Morgan fingerprint density at radius 1 is 1.38 bits per heavy atom. The molecule has 1 fully saturated rings. The third-order valence-corrected chi connectivity index (χ3v) is 4.49. The molecule has 1 aromatic carbocycles. The standard InChI is InChI=1S/C17H23N5O2/c1-12(2)22-10-15(19-20-22)17(24)7-8-21(11-17)9-13-3-5-14(6-4-13)16(18)23/h3-6,10,12,24H,7-9,11H2,1-2H3,(H2,18,23)/t17-/m1/s1. The fourth-order valence-electron chi connectivity index (χ4n) is 2.99. The summed E-state index contributed by atoms with van der Waals surface area (Å²) >= 11 is 0. The summed E-state index contributed by atoms with van der Waals surface area (Å²) in [6, 6.07) is 7.47. The van der Waals surface area contributed by atoms with Crippen LogP contribution in [-0.2, 0) is 12.1 Å². The number of β-amino-alcohol motifs (C(OH)–C–C–N with tert-alkyl or cyclic N) is 1. The van der Waals surface area contributed by atoms with Crippen molar-refractivity contribution in [3.8, 4) is 0 Å². The van der Waals surface area contributed by atoms with E-state index >= 15 is 0 Å². The maximum absolute atomic E-state index is 11.1. The molecule has 24 heavy (non-hydrogen) atoms. The molecular formula is C17H23N5O2. The molecule has 1 aliphatic rings. The van der Waals surface area contributed by atoms with E-state index in [0.29, 0.717) is 30.8 Å². The third-order valence-electron chi connectivity index (χ3n) is 4.49. The highest BCUT2D eigenvalue weighted by Gasteiger charge is 2.40. The second kappa shape index (κ2) is 6.33. The maximum atomic E-state index is 11.1. The fourth-order valence-corrected chi connectivity index (χ4v) is 2.99. The number of carbonyl (C=O) groups excluding carboxylic acids is 1. The van der Waals surface area contributed by atoms with Crippen molar-refractivity contribution in [2.75, 3.05) is 13.1 Å². The highest BCUT2D eigenvalue weighted by atomic mass is 16.3. The molecule has 0 radical (unpaired) electrons. The summed E-state index contributed by atoms with van der Waals surface area (Å²) in [6.45, 7) is 6.06. The molecule has 0 spiro atoms. The number of amides is 1. The van der Waals surface area contributed by atoms with Crippen LogP contribution in [-0.4, -0.2) is 44.0 Å². The summed E-state index contributed by atoms with van der Waals surface area (Å²) in [5.41, 5.74) is 6.50. The summed E-state index contributed by atoms with van der Waals surface area (Å²) in [4.78, 5) is 13.3. The Morgan fingerprint density at radius 2 is 2.08 bits per heavy atom. The predicted molar refractivity (Wildman–Crippen MR) is 89.2 cm³/mol. The van der Waals surface area contributed by atoms with E-state index in [1.54, 1.807) is 16.8 Å². The lowest BCUT2D eigenvalue weighted by molar-refractivity contribution is 0.0408. The first-order valence-electron chi connectivity index (χ1n) is 8.13. The highest BCUT2D eigenvalue weighted by molar-refractivity contribution is 5.92. The van der Waals surface area contributed by atoms with E-state index in [1.807, 2.05) is 32.2 Å². The summed E-state index contributed by atoms with van der Waals surface area (Å²) in [7, 11) is 0. The number of aromatic nitrogens is 3. The molecule has 3 N–H and O–H groups in total. The van der Waals surface area contributed by atoms with Gasteiger partial charge in [0, 0.05) is 31.2 Å². The maximum Gasteiger partial charge on any atom is 0.248 e. The predicted octanol–water partition coefficient (Wildman–Crippen LogP) is 1.05. The lowest BCUT2D eigenvalue weighted by Gasteiger charge is -2.21. The number of aliphatic hydroxyl groups is 1. The molecule has 0 unspecified atom stereocenters. The van der Waals surface area contributed by atoms with E-state index in [4.69, 9.17) is 5.73 Å². The topological polar surface area (TPSA) is 97.3 Å². The average Bonchev–Trinajstić information content (AvgIpc) is 3.16. The van der Waals surface area contributed by atoms with Crippen LogP contribution in [0.3, 0.4) is 0 Å². The van der Waals surface area contributed by atoms with Gasteiger partial charge in [0.1, 0.15) is 11.3 Å². The molecule has 1 aliphatic heterocycles. The van der Waals surface area contributed by atoms with Crippen LogP contribution in [0.15, 0.2) is 30.5 Å². The zero-order valence-electron chi connectivity index (χ0n) is 14.0. The first-order valence-corrected chi connectivity index (χ1v) is 8.13. The van der Waals surface area contributed by atoms with Crippen LogP contribution in [0.2, 0.25) is 0 Å². The highest BCUT2D eigenvalue weighted by Crippen LogP contribution is 2.31. The molecular weight excluding hydrogens is 306 g/mol. The van der Waals surface area contributed by atoms with Gasteiger partial charge < -0.3 is 10.8 Å². The van der Waals surface area contributed by atoms with Crippen molar-refractivity contribution in [2.24, 2.45) is 5.73 Å². The smallest absolute Gasteiger partial charge is 0.248 e. The van der Waals surface area contributed by atoms with Gasteiger partial charge in [0.2, 0.25) is 5.91 Å². The Bertz CT molecular complexity index is 725. The number of carbonyl (C=O) groups is 1. The Hall–Kier alpha value is -2.25. The van der Waals surface area contributed by atoms with Crippen molar-refractivity contribution in [1.82, 2.24) is 19.9 Å². The zero-order chi connectivity index (χ0) is 17.3. The molecule has 128 valence electrons. The molecule has 2 heterocycles. The van der Waals surface area contributed by atoms with E-state index in [2.05, 4.69) is 15.2 Å². The first-order chi connectivity index (χ1) is 11.4. The number of benzene rings is 1. The molecule has 1 amide bonds. The summed E-state index contributed by atoms with van der Waals surface area (Å²) in [5.74, 6) is -0.426. The van der Waals surface area contributed by atoms with Crippen molar-refractivity contribution in [3.05, 3.63) is 47.3 Å². The molecule has 7 nitrogen and oxygen atoms in total. The molecule has 0 bridgehead atoms. The summed E-state index contributed by atoms with van der Waals surface area (Å²) < 4.78 is 1.76. The second-order valence-corrected chi connectivity index (χ2v) is 6.73. The lowest BCUT2D eigenvalue weighted by Crippen LogP contribution is -2.31. The van der Waals surface area contributed by atoms with E-state index < -0.39 is 11.5 Å². The van der Waals surface area contributed by atoms with Gasteiger partial charge in [-0.25, -0.2) is 4.68 Å². The van der Waals surface area contributed by atoms with Gasteiger partial charge in [-0.05, 0) is 38.0 Å². The van der Waals surface area contributed by atoms with Crippen LogP contribution in [0.4, 0.5) is 0 Å². The largest absolute Gasteiger partial charge is 0.382 e. The van der Waals surface area contributed by atoms with Crippen molar-refractivity contribution in [2.45, 2.75) is 38.5 Å². The third kappa shape index (κ3) is 3.32. The number of nitrogens with zero attached hydrogens (tertiary/aromatic N) is 4. The van der Waals surface area contributed by atoms with Gasteiger partial charge in [-0.2, -0.15) is 0 Å². The van der Waals surface area contributed by atoms with Gasteiger partial charge in [0.05, 0.1) is 6.20 Å². The van der Waals surface area contributed by atoms with Gasteiger partial charge in [-0.15, -0.1) is 5.10 Å². The summed E-state index contributed by atoms with van der Waals surface area (Å²) in [6.07, 6.45) is 2.46. The number of nitrogens with two attached hydrogens (primary N) is 1. The van der Waals surface area contributed by atoms with Gasteiger partial charge >= 0.3 is 0 Å². The number of hydrogen-bond acceptors (Lipinski definition) is 5. The van der Waals surface area contributed by atoms with E-state index in [9.17, 15) is 9.90 Å².